The SMILES string of the molecule is CC(N)Cc1sc(-c2ccccc2)cc1Cl. The molecule has 0 amide bonds. The molecule has 0 spiro atoms. The number of hydrogen-bond acceptors (Lipinski definition) is 2. The number of halogens is 1. The average molecular weight is 252 g/mol. The minimum absolute atomic E-state index is 0.153. The molecule has 2 rings (SSSR count). The van der Waals surface area contributed by atoms with E-state index in [9.17, 15) is 0 Å². The fourth-order valence-corrected chi connectivity index (χ4v) is 3.15. The van der Waals surface area contributed by atoms with Gasteiger partial charge in [0.2, 0.25) is 0 Å². The van der Waals surface area contributed by atoms with E-state index in [2.05, 4.69) is 12.1 Å². The summed E-state index contributed by atoms with van der Waals surface area (Å²) >= 11 is 7.92. The lowest BCUT2D eigenvalue weighted by Gasteiger charge is -2.01. The van der Waals surface area contributed by atoms with Gasteiger partial charge in [0.1, 0.15) is 0 Å². The van der Waals surface area contributed by atoms with Crippen molar-refractivity contribution in [2.24, 2.45) is 5.73 Å². The van der Waals surface area contributed by atoms with E-state index >= 15 is 0 Å². The zero-order valence-electron chi connectivity index (χ0n) is 9.11. The summed E-state index contributed by atoms with van der Waals surface area (Å²) in [4.78, 5) is 2.39. The van der Waals surface area contributed by atoms with Gasteiger partial charge in [-0.05, 0) is 25.0 Å². The van der Waals surface area contributed by atoms with Gasteiger partial charge in [-0.15, -0.1) is 11.3 Å². The molecule has 1 atom stereocenters. The summed E-state index contributed by atoms with van der Waals surface area (Å²) in [5.41, 5.74) is 7.00. The topological polar surface area (TPSA) is 26.0 Å². The second-order valence-electron chi connectivity index (χ2n) is 3.93. The largest absolute Gasteiger partial charge is 0.328 e. The van der Waals surface area contributed by atoms with Crippen LogP contribution < -0.4 is 5.73 Å². The van der Waals surface area contributed by atoms with Crippen LogP contribution in [0.5, 0.6) is 0 Å². The van der Waals surface area contributed by atoms with Crippen LogP contribution in [0.15, 0.2) is 36.4 Å². The first kappa shape index (κ1) is 11.6. The van der Waals surface area contributed by atoms with Gasteiger partial charge >= 0.3 is 0 Å². The first-order valence-corrected chi connectivity index (χ1v) is 6.45. The molecule has 2 aromatic rings. The summed E-state index contributed by atoms with van der Waals surface area (Å²) in [6.45, 7) is 2.00. The molecule has 1 nitrogen and oxygen atoms in total. The Morgan fingerprint density at radius 2 is 2.00 bits per heavy atom. The third-order valence-electron chi connectivity index (χ3n) is 2.32. The van der Waals surface area contributed by atoms with Crippen LogP contribution in [0.4, 0.5) is 0 Å². The highest BCUT2D eigenvalue weighted by atomic mass is 35.5. The maximum Gasteiger partial charge on any atom is 0.0552 e. The second-order valence-corrected chi connectivity index (χ2v) is 5.47. The molecule has 0 aliphatic heterocycles. The molecule has 3 heteroatoms. The van der Waals surface area contributed by atoms with Gasteiger partial charge in [-0.1, -0.05) is 41.9 Å². The standard InChI is InChI=1S/C13H14ClNS/c1-9(15)7-13-11(14)8-12(16-13)10-5-3-2-4-6-10/h2-6,8-9H,7,15H2,1H3. The summed E-state index contributed by atoms with van der Waals surface area (Å²) in [5, 5.41) is 0.834. The highest BCUT2D eigenvalue weighted by Gasteiger charge is 2.10. The number of nitrogens with two attached hydrogens (primary N) is 1. The van der Waals surface area contributed by atoms with Crippen LogP contribution >= 0.6 is 22.9 Å². The first-order chi connectivity index (χ1) is 7.66. The van der Waals surface area contributed by atoms with Crippen molar-refractivity contribution in [3.05, 3.63) is 46.3 Å². The predicted molar refractivity (Wildman–Crippen MR) is 72.1 cm³/mol. The molecule has 0 saturated heterocycles. The van der Waals surface area contributed by atoms with Crippen LogP contribution in [-0.4, -0.2) is 6.04 Å². The molecule has 84 valence electrons. The predicted octanol–water partition coefficient (Wildman–Crippen LogP) is 3.96. The molecule has 0 aliphatic rings. The maximum absolute atomic E-state index is 6.19. The van der Waals surface area contributed by atoms with Crippen LogP contribution in [0.25, 0.3) is 10.4 Å². The van der Waals surface area contributed by atoms with E-state index in [1.807, 2.05) is 31.2 Å². The maximum atomic E-state index is 6.19. The van der Waals surface area contributed by atoms with Crippen molar-refractivity contribution in [3.8, 4) is 10.4 Å². The number of thiophene rings is 1. The van der Waals surface area contributed by atoms with E-state index in [0.717, 1.165) is 11.4 Å². The number of rotatable bonds is 3. The van der Waals surface area contributed by atoms with Crippen molar-refractivity contribution >= 4 is 22.9 Å². The summed E-state index contributed by atoms with van der Waals surface area (Å²) in [5.74, 6) is 0. The molecule has 2 N–H and O–H groups in total. The van der Waals surface area contributed by atoms with Gasteiger partial charge in [-0.25, -0.2) is 0 Å². The van der Waals surface area contributed by atoms with Crippen LogP contribution in [0.2, 0.25) is 5.02 Å². The van der Waals surface area contributed by atoms with E-state index in [4.69, 9.17) is 17.3 Å². The van der Waals surface area contributed by atoms with Crippen molar-refractivity contribution < 1.29 is 0 Å². The fourth-order valence-electron chi connectivity index (χ4n) is 1.58. The van der Waals surface area contributed by atoms with Gasteiger partial charge in [0.05, 0.1) is 5.02 Å². The number of benzene rings is 1. The Kier molecular flexibility index (Phi) is 3.64. The third-order valence-corrected chi connectivity index (χ3v) is 3.98. The first-order valence-electron chi connectivity index (χ1n) is 5.26. The summed E-state index contributed by atoms with van der Waals surface area (Å²) in [6.07, 6.45) is 0.844. The normalized spacial score (nSPS) is 12.7. The minimum atomic E-state index is 0.153. The summed E-state index contributed by atoms with van der Waals surface area (Å²) < 4.78 is 0. The highest BCUT2D eigenvalue weighted by molar-refractivity contribution is 7.16. The van der Waals surface area contributed by atoms with Gasteiger partial charge in [-0.2, -0.15) is 0 Å². The molecule has 1 heterocycles. The highest BCUT2D eigenvalue weighted by Crippen LogP contribution is 2.34. The van der Waals surface area contributed by atoms with Crippen molar-refractivity contribution in [3.63, 3.8) is 0 Å². The van der Waals surface area contributed by atoms with Crippen molar-refractivity contribution in [1.82, 2.24) is 0 Å². The lowest BCUT2D eigenvalue weighted by Crippen LogP contribution is -2.17. The molecular weight excluding hydrogens is 238 g/mol. The lowest BCUT2D eigenvalue weighted by atomic mass is 10.2. The monoisotopic (exact) mass is 251 g/mol. The minimum Gasteiger partial charge on any atom is -0.328 e. The fraction of sp³-hybridized carbons (Fsp3) is 0.231. The van der Waals surface area contributed by atoms with E-state index in [1.165, 1.54) is 15.3 Å². The van der Waals surface area contributed by atoms with Crippen LogP contribution in [0.1, 0.15) is 11.8 Å². The third kappa shape index (κ3) is 2.64. The van der Waals surface area contributed by atoms with Crippen molar-refractivity contribution in [2.75, 3.05) is 0 Å². The molecule has 1 aromatic carbocycles. The van der Waals surface area contributed by atoms with Gasteiger partial charge in [0.15, 0.2) is 0 Å². The summed E-state index contributed by atoms with van der Waals surface area (Å²) in [7, 11) is 0. The number of hydrogen-bond donors (Lipinski definition) is 1. The molecule has 1 unspecified atom stereocenters. The van der Waals surface area contributed by atoms with E-state index in [-0.39, 0.29) is 6.04 Å². The van der Waals surface area contributed by atoms with E-state index in [1.54, 1.807) is 11.3 Å². The average Bonchev–Trinajstić information content (AvgIpc) is 2.61. The molecule has 1 aromatic heterocycles. The summed E-state index contributed by atoms with van der Waals surface area (Å²) in [6, 6.07) is 12.5. The molecule has 16 heavy (non-hydrogen) atoms. The second kappa shape index (κ2) is 5.00. The Balaban J connectivity index is 2.31. The van der Waals surface area contributed by atoms with Gasteiger partial charge in [-0.3, -0.25) is 0 Å². The van der Waals surface area contributed by atoms with Crippen LogP contribution in [0, 0.1) is 0 Å². The van der Waals surface area contributed by atoms with Crippen molar-refractivity contribution in [2.45, 2.75) is 19.4 Å². The Bertz CT molecular complexity index is 462. The van der Waals surface area contributed by atoms with Gasteiger partial charge in [0, 0.05) is 15.8 Å². The lowest BCUT2D eigenvalue weighted by molar-refractivity contribution is 0.747. The van der Waals surface area contributed by atoms with Crippen LogP contribution in [-0.2, 0) is 6.42 Å². The van der Waals surface area contributed by atoms with E-state index < -0.39 is 0 Å². The smallest absolute Gasteiger partial charge is 0.0552 e. The molecule has 0 aliphatic carbocycles. The zero-order valence-corrected chi connectivity index (χ0v) is 10.7. The molecule has 0 radical (unpaired) electrons. The Labute approximate surface area is 105 Å². The van der Waals surface area contributed by atoms with E-state index in [0.29, 0.717) is 0 Å². The van der Waals surface area contributed by atoms with Gasteiger partial charge < -0.3 is 5.73 Å². The molecule has 0 fully saturated rings. The zero-order chi connectivity index (χ0) is 11.5. The van der Waals surface area contributed by atoms with Crippen LogP contribution in [0.3, 0.4) is 0 Å². The molecule has 0 bridgehead atoms. The van der Waals surface area contributed by atoms with Gasteiger partial charge in [0.25, 0.3) is 0 Å². The Hall–Kier alpha value is -0.830. The van der Waals surface area contributed by atoms with Crippen molar-refractivity contribution in [1.29, 1.82) is 0 Å². The molecular formula is C13H14ClNS. The quantitative estimate of drug-likeness (QED) is 0.878. The Morgan fingerprint density at radius 3 is 2.62 bits per heavy atom. The molecule has 0 saturated carbocycles. The Morgan fingerprint density at radius 1 is 1.31 bits per heavy atom.